The second-order valence-electron chi connectivity index (χ2n) is 4.30. The summed E-state index contributed by atoms with van der Waals surface area (Å²) in [6.45, 7) is 1.75. The Bertz CT molecular complexity index is 720. The summed E-state index contributed by atoms with van der Waals surface area (Å²) in [5.41, 5.74) is 7.13. The lowest BCUT2D eigenvalue weighted by Gasteiger charge is -2.08. The van der Waals surface area contributed by atoms with Crippen LogP contribution in [0.2, 0.25) is 0 Å². The number of nitrogens with zero attached hydrogens (tertiary/aromatic N) is 2. The van der Waals surface area contributed by atoms with Gasteiger partial charge in [0.1, 0.15) is 11.5 Å². The van der Waals surface area contributed by atoms with Gasteiger partial charge >= 0.3 is 0 Å². The summed E-state index contributed by atoms with van der Waals surface area (Å²) in [5, 5.41) is 3.92. The van der Waals surface area contributed by atoms with Crippen molar-refractivity contribution < 1.29 is 9.26 Å². The maximum atomic E-state index is 5.85. The Hall–Kier alpha value is -2.82. The number of hydrogen-bond donors (Lipinski definition) is 1. The second kappa shape index (κ2) is 5.05. The summed E-state index contributed by atoms with van der Waals surface area (Å²) in [6.07, 6.45) is 0. The molecule has 1 heterocycles. The van der Waals surface area contributed by atoms with E-state index >= 15 is 0 Å². The molecule has 2 aromatic carbocycles. The first kappa shape index (κ1) is 12.2. The van der Waals surface area contributed by atoms with Gasteiger partial charge in [-0.2, -0.15) is 4.98 Å². The minimum Gasteiger partial charge on any atom is -0.457 e. The van der Waals surface area contributed by atoms with Crippen LogP contribution in [0.15, 0.2) is 53.1 Å². The van der Waals surface area contributed by atoms with E-state index in [0.717, 1.165) is 5.56 Å². The molecule has 0 aliphatic rings. The van der Waals surface area contributed by atoms with Crippen LogP contribution < -0.4 is 10.5 Å². The topological polar surface area (TPSA) is 74.2 Å². The van der Waals surface area contributed by atoms with Crippen molar-refractivity contribution in [1.82, 2.24) is 10.1 Å². The molecule has 20 heavy (non-hydrogen) atoms. The summed E-state index contributed by atoms with van der Waals surface area (Å²) in [7, 11) is 0. The van der Waals surface area contributed by atoms with Crippen molar-refractivity contribution in [2.75, 3.05) is 5.73 Å². The van der Waals surface area contributed by atoms with Crippen molar-refractivity contribution in [3.8, 4) is 22.9 Å². The standard InChI is InChI=1S/C15H13N3O2/c1-10-17-15(18-20-10)13-4-2-3-5-14(13)19-12-8-6-11(16)7-9-12/h2-9H,16H2,1H3. The number of rotatable bonds is 3. The van der Waals surface area contributed by atoms with Crippen LogP contribution in [-0.4, -0.2) is 10.1 Å². The summed E-state index contributed by atoms with van der Waals surface area (Å²) in [5.74, 6) is 2.39. The Morgan fingerprint density at radius 2 is 1.80 bits per heavy atom. The molecule has 0 saturated heterocycles. The molecule has 3 rings (SSSR count). The fraction of sp³-hybridized carbons (Fsp3) is 0.0667. The molecule has 0 amide bonds. The fourth-order valence-electron chi connectivity index (χ4n) is 1.81. The van der Waals surface area contributed by atoms with Gasteiger partial charge in [0.25, 0.3) is 0 Å². The highest BCUT2D eigenvalue weighted by molar-refractivity contribution is 5.64. The van der Waals surface area contributed by atoms with Gasteiger partial charge in [-0.05, 0) is 36.4 Å². The van der Waals surface area contributed by atoms with Crippen LogP contribution in [0.1, 0.15) is 5.89 Å². The zero-order valence-corrected chi connectivity index (χ0v) is 10.9. The van der Waals surface area contributed by atoms with Gasteiger partial charge in [-0.15, -0.1) is 0 Å². The Morgan fingerprint density at radius 3 is 2.50 bits per heavy atom. The van der Waals surface area contributed by atoms with Crippen molar-refractivity contribution in [3.05, 3.63) is 54.4 Å². The van der Waals surface area contributed by atoms with Crippen LogP contribution >= 0.6 is 0 Å². The van der Waals surface area contributed by atoms with Crippen LogP contribution in [0.3, 0.4) is 0 Å². The summed E-state index contributed by atoms with van der Waals surface area (Å²) in [4.78, 5) is 4.22. The minimum absolute atomic E-state index is 0.508. The van der Waals surface area contributed by atoms with Gasteiger partial charge in [0.2, 0.25) is 11.7 Å². The number of anilines is 1. The highest BCUT2D eigenvalue weighted by atomic mass is 16.5. The zero-order chi connectivity index (χ0) is 13.9. The lowest BCUT2D eigenvalue weighted by atomic mass is 10.2. The maximum Gasteiger partial charge on any atom is 0.223 e. The fourth-order valence-corrected chi connectivity index (χ4v) is 1.81. The van der Waals surface area contributed by atoms with Crippen molar-refractivity contribution in [2.45, 2.75) is 6.92 Å². The highest BCUT2D eigenvalue weighted by Gasteiger charge is 2.12. The van der Waals surface area contributed by atoms with Gasteiger partial charge < -0.3 is 15.0 Å². The lowest BCUT2D eigenvalue weighted by Crippen LogP contribution is -1.90. The first-order valence-corrected chi connectivity index (χ1v) is 6.15. The van der Waals surface area contributed by atoms with Crippen molar-refractivity contribution in [1.29, 1.82) is 0 Å². The third kappa shape index (κ3) is 2.47. The third-order valence-electron chi connectivity index (χ3n) is 2.76. The van der Waals surface area contributed by atoms with Crippen LogP contribution in [0.4, 0.5) is 5.69 Å². The van der Waals surface area contributed by atoms with E-state index in [1.165, 1.54) is 0 Å². The Morgan fingerprint density at radius 1 is 1.05 bits per heavy atom. The Kier molecular flexibility index (Phi) is 3.09. The Balaban J connectivity index is 1.96. The quantitative estimate of drug-likeness (QED) is 0.736. The molecule has 0 saturated carbocycles. The molecule has 0 bridgehead atoms. The van der Waals surface area contributed by atoms with Gasteiger partial charge in [-0.3, -0.25) is 0 Å². The van der Waals surface area contributed by atoms with Gasteiger partial charge in [0.05, 0.1) is 5.56 Å². The average molecular weight is 267 g/mol. The first-order chi connectivity index (χ1) is 9.72. The van der Waals surface area contributed by atoms with Crippen molar-refractivity contribution >= 4 is 5.69 Å². The van der Waals surface area contributed by atoms with E-state index in [4.69, 9.17) is 15.0 Å². The molecule has 3 aromatic rings. The molecule has 0 aliphatic carbocycles. The number of ether oxygens (including phenoxy) is 1. The maximum absolute atomic E-state index is 5.85. The molecule has 5 heteroatoms. The molecular weight excluding hydrogens is 254 g/mol. The van der Waals surface area contributed by atoms with Crippen molar-refractivity contribution in [2.24, 2.45) is 0 Å². The van der Waals surface area contributed by atoms with Gasteiger partial charge in [-0.1, -0.05) is 17.3 Å². The highest BCUT2D eigenvalue weighted by Crippen LogP contribution is 2.31. The van der Waals surface area contributed by atoms with Crippen LogP contribution in [0.5, 0.6) is 11.5 Å². The minimum atomic E-state index is 0.508. The molecule has 100 valence electrons. The number of aromatic nitrogens is 2. The molecule has 0 spiro atoms. The van der Waals surface area contributed by atoms with Gasteiger partial charge in [0.15, 0.2) is 0 Å². The first-order valence-electron chi connectivity index (χ1n) is 6.15. The second-order valence-corrected chi connectivity index (χ2v) is 4.30. The Labute approximate surface area is 116 Å². The van der Waals surface area contributed by atoms with E-state index < -0.39 is 0 Å². The van der Waals surface area contributed by atoms with Crippen LogP contribution in [0, 0.1) is 6.92 Å². The third-order valence-corrected chi connectivity index (χ3v) is 2.76. The molecule has 0 fully saturated rings. The van der Waals surface area contributed by atoms with E-state index in [9.17, 15) is 0 Å². The molecule has 0 radical (unpaired) electrons. The molecular formula is C15H13N3O2. The average Bonchev–Trinajstić information content (AvgIpc) is 2.88. The molecule has 0 aliphatic heterocycles. The molecule has 2 N–H and O–H groups in total. The molecule has 1 aromatic heterocycles. The molecule has 5 nitrogen and oxygen atoms in total. The predicted octanol–water partition coefficient (Wildman–Crippen LogP) is 3.42. The monoisotopic (exact) mass is 267 g/mol. The predicted molar refractivity (Wildman–Crippen MR) is 75.4 cm³/mol. The number of nitrogen functional groups attached to an aromatic ring is 1. The van der Waals surface area contributed by atoms with E-state index in [1.807, 2.05) is 36.4 Å². The normalized spacial score (nSPS) is 10.4. The smallest absolute Gasteiger partial charge is 0.223 e. The largest absolute Gasteiger partial charge is 0.457 e. The molecule has 0 atom stereocenters. The lowest BCUT2D eigenvalue weighted by molar-refractivity contribution is 0.394. The summed E-state index contributed by atoms with van der Waals surface area (Å²) >= 11 is 0. The van der Waals surface area contributed by atoms with Gasteiger partial charge in [-0.25, -0.2) is 0 Å². The SMILES string of the molecule is Cc1nc(-c2ccccc2Oc2ccc(N)cc2)no1. The summed E-state index contributed by atoms with van der Waals surface area (Å²) < 4.78 is 10.9. The van der Waals surface area contributed by atoms with Crippen LogP contribution in [-0.2, 0) is 0 Å². The van der Waals surface area contributed by atoms with Gasteiger partial charge in [0, 0.05) is 12.6 Å². The van der Waals surface area contributed by atoms with Crippen molar-refractivity contribution in [3.63, 3.8) is 0 Å². The van der Waals surface area contributed by atoms with E-state index in [1.54, 1.807) is 19.1 Å². The van der Waals surface area contributed by atoms with Crippen LogP contribution in [0.25, 0.3) is 11.4 Å². The molecule has 0 unspecified atom stereocenters. The van der Waals surface area contributed by atoms with E-state index in [2.05, 4.69) is 10.1 Å². The zero-order valence-electron chi connectivity index (χ0n) is 10.9. The number of para-hydroxylation sites is 1. The number of hydrogen-bond acceptors (Lipinski definition) is 5. The number of benzene rings is 2. The van der Waals surface area contributed by atoms with E-state index in [-0.39, 0.29) is 0 Å². The van der Waals surface area contributed by atoms with E-state index in [0.29, 0.717) is 28.9 Å². The number of aryl methyl sites for hydroxylation is 1. The summed E-state index contributed by atoms with van der Waals surface area (Å²) in [6, 6.07) is 14.7. The number of nitrogens with two attached hydrogens (primary N) is 1.